The van der Waals surface area contributed by atoms with Crippen LogP contribution in [0.2, 0.25) is 5.28 Å². The maximum atomic E-state index is 10.8. The predicted molar refractivity (Wildman–Crippen MR) is 68.8 cm³/mol. The molecule has 78 valence electrons. The summed E-state index contributed by atoms with van der Waals surface area (Å²) in [5.41, 5.74) is 0. The summed E-state index contributed by atoms with van der Waals surface area (Å²) in [6, 6.07) is 20.7. The zero-order valence-corrected chi connectivity index (χ0v) is 10.2. The van der Waals surface area contributed by atoms with Crippen LogP contribution in [0.25, 0.3) is 0 Å². The minimum atomic E-state index is -1.32. The van der Waals surface area contributed by atoms with Crippen molar-refractivity contribution in [2.45, 2.75) is 5.28 Å². The standard InChI is InChI=1S/2C6H5.C2H3O.Al/c2*1-2-4-6-5-3-1;1-2-3;/h2*1-5H;2H,1H2;. The van der Waals surface area contributed by atoms with Crippen LogP contribution in [0.1, 0.15) is 0 Å². The van der Waals surface area contributed by atoms with Crippen molar-refractivity contribution in [1.82, 2.24) is 0 Å². The molecular weight excluding hydrogens is 211 g/mol. The molecule has 2 aromatic rings. The molecule has 0 aliphatic carbocycles. The molecule has 0 saturated carbocycles. The molecule has 0 spiro atoms. The fourth-order valence-corrected chi connectivity index (χ4v) is 4.43. The monoisotopic (exact) mass is 224 g/mol. The van der Waals surface area contributed by atoms with Crippen molar-refractivity contribution < 1.29 is 4.79 Å². The van der Waals surface area contributed by atoms with Gasteiger partial charge in [0.25, 0.3) is 0 Å². The second kappa shape index (κ2) is 5.65. The highest BCUT2D eigenvalue weighted by molar-refractivity contribution is 6.86. The first-order chi connectivity index (χ1) is 7.92. The first kappa shape index (κ1) is 11.1. The Labute approximate surface area is 100 Å². The fraction of sp³-hybridized carbons (Fsp3) is 0.0714. The van der Waals surface area contributed by atoms with Crippen molar-refractivity contribution in [2.75, 3.05) is 0 Å². The summed E-state index contributed by atoms with van der Waals surface area (Å²) in [6.07, 6.45) is 1.05. The van der Waals surface area contributed by atoms with E-state index in [9.17, 15) is 4.79 Å². The number of carbonyl (C=O) groups excluding carboxylic acids is 1. The molecule has 0 aliphatic heterocycles. The molecule has 0 radical (unpaired) electrons. The van der Waals surface area contributed by atoms with E-state index in [1.165, 1.54) is 8.85 Å². The average molecular weight is 224 g/mol. The van der Waals surface area contributed by atoms with E-state index in [0.29, 0.717) is 5.28 Å². The summed E-state index contributed by atoms with van der Waals surface area (Å²) in [6.45, 7) is 0. The van der Waals surface area contributed by atoms with Crippen molar-refractivity contribution in [2.24, 2.45) is 0 Å². The van der Waals surface area contributed by atoms with E-state index in [1.807, 2.05) is 36.4 Å². The Bertz CT molecular complexity index is 399. The van der Waals surface area contributed by atoms with Gasteiger partial charge in [0.15, 0.2) is 0 Å². The summed E-state index contributed by atoms with van der Waals surface area (Å²) < 4.78 is 2.67. The highest BCUT2D eigenvalue weighted by Crippen LogP contribution is 1.96. The van der Waals surface area contributed by atoms with Crippen LogP contribution in [0.4, 0.5) is 0 Å². The summed E-state index contributed by atoms with van der Waals surface area (Å²) in [7, 11) is 0. The summed E-state index contributed by atoms with van der Waals surface area (Å²) in [5.74, 6) is 0. The van der Waals surface area contributed by atoms with Gasteiger partial charge in [-0.15, -0.1) is 8.85 Å². The van der Waals surface area contributed by atoms with Crippen molar-refractivity contribution in [3.8, 4) is 0 Å². The second-order valence-corrected chi connectivity index (χ2v) is 6.69. The van der Waals surface area contributed by atoms with Gasteiger partial charge in [0.2, 0.25) is 0 Å². The maximum absolute atomic E-state index is 10.8. The molecule has 0 bridgehead atoms. The third-order valence-electron chi connectivity index (χ3n) is 2.74. The average Bonchev–Trinajstić information content (AvgIpc) is 2.38. The van der Waals surface area contributed by atoms with Crippen LogP contribution in [0.5, 0.6) is 0 Å². The third-order valence-corrected chi connectivity index (χ3v) is 5.78. The molecule has 2 heteroatoms. The minimum Gasteiger partial charge on any atom is -0.305 e. The normalized spacial score (nSPS) is 9.75. The van der Waals surface area contributed by atoms with Gasteiger partial charge in [-0.3, -0.25) is 0 Å². The molecule has 16 heavy (non-hydrogen) atoms. The lowest BCUT2D eigenvalue weighted by Gasteiger charge is -2.09. The fourth-order valence-electron chi connectivity index (χ4n) is 1.93. The predicted octanol–water partition coefficient (Wildman–Crippen LogP) is 1.49. The molecule has 0 aliphatic rings. The topological polar surface area (TPSA) is 17.1 Å². The quantitative estimate of drug-likeness (QED) is 0.568. The Kier molecular flexibility index (Phi) is 3.93. The van der Waals surface area contributed by atoms with E-state index in [-0.39, 0.29) is 0 Å². The van der Waals surface area contributed by atoms with Crippen molar-refractivity contribution in [3.05, 3.63) is 60.7 Å². The summed E-state index contributed by atoms with van der Waals surface area (Å²) in [5, 5.41) is 0.675. The first-order valence-corrected chi connectivity index (χ1v) is 7.42. The van der Waals surface area contributed by atoms with E-state index in [4.69, 9.17) is 0 Å². The molecule has 0 amide bonds. The molecule has 0 fully saturated rings. The largest absolute Gasteiger partial charge is 0.352 e. The molecule has 0 N–H and O–H groups in total. The summed E-state index contributed by atoms with van der Waals surface area (Å²) in [4.78, 5) is 10.8. The number of aldehydes is 1. The SMILES string of the molecule is O=C[CH2][Al]([c]1ccccc1)[c]1ccccc1. The second-order valence-electron chi connectivity index (χ2n) is 3.78. The Morgan fingerprint density at radius 3 is 1.62 bits per heavy atom. The number of rotatable bonds is 4. The smallest absolute Gasteiger partial charge is 0.305 e. The van der Waals surface area contributed by atoms with Gasteiger partial charge in [0, 0.05) is 0 Å². The lowest BCUT2D eigenvalue weighted by atomic mass is 10.4. The Hall–Kier alpha value is -1.36. The molecule has 0 saturated heterocycles. The van der Waals surface area contributed by atoms with Crippen LogP contribution < -0.4 is 8.85 Å². The molecule has 0 atom stereocenters. The summed E-state index contributed by atoms with van der Waals surface area (Å²) >= 11 is -1.32. The van der Waals surface area contributed by atoms with Crippen molar-refractivity contribution in [1.29, 1.82) is 0 Å². The Morgan fingerprint density at radius 2 is 1.25 bits per heavy atom. The van der Waals surface area contributed by atoms with Crippen LogP contribution in [0.3, 0.4) is 0 Å². The van der Waals surface area contributed by atoms with Gasteiger partial charge in [-0.05, 0) is 5.28 Å². The molecule has 0 unspecified atom stereocenters. The third kappa shape index (κ3) is 2.61. The number of hydrogen-bond acceptors (Lipinski definition) is 1. The first-order valence-electron chi connectivity index (χ1n) is 5.45. The molecule has 1 nitrogen and oxygen atoms in total. The van der Waals surface area contributed by atoms with Crippen LogP contribution in [-0.2, 0) is 4.79 Å². The lowest BCUT2D eigenvalue weighted by Crippen LogP contribution is -2.42. The zero-order valence-electron chi connectivity index (χ0n) is 9.04. The van der Waals surface area contributed by atoms with Crippen LogP contribution in [0.15, 0.2) is 60.7 Å². The molecule has 2 rings (SSSR count). The molecule has 0 heterocycles. The van der Waals surface area contributed by atoms with Gasteiger partial charge >= 0.3 is 14.1 Å². The minimum absolute atomic E-state index is 0.675. The molecule has 0 aromatic heterocycles. The number of carbonyl (C=O) groups is 1. The van der Waals surface area contributed by atoms with Gasteiger partial charge in [0.1, 0.15) is 6.29 Å². The van der Waals surface area contributed by atoms with Crippen LogP contribution >= 0.6 is 0 Å². The van der Waals surface area contributed by atoms with Gasteiger partial charge < -0.3 is 4.79 Å². The van der Waals surface area contributed by atoms with Crippen molar-refractivity contribution >= 4 is 29.3 Å². The van der Waals surface area contributed by atoms with E-state index in [0.717, 1.165) is 6.29 Å². The van der Waals surface area contributed by atoms with Gasteiger partial charge in [-0.25, -0.2) is 0 Å². The van der Waals surface area contributed by atoms with Gasteiger partial charge in [0.05, 0.1) is 0 Å². The van der Waals surface area contributed by atoms with Crippen molar-refractivity contribution in [3.63, 3.8) is 0 Å². The Morgan fingerprint density at radius 1 is 0.812 bits per heavy atom. The number of benzene rings is 2. The molecule has 2 aromatic carbocycles. The number of hydrogen-bond donors (Lipinski definition) is 0. The van der Waals surface area contributed by atoms with E-state index >= 15 is 0 Å². The lowest BCUT2D eigenvalue weighted by molar-refractivity contribution is -0.106. The highest BCUT2D eigenvalue weighted by atomic mass is 27.2. The van der Waals surface area contributed by atoms with E-state index in [2.05, 4.69) is 24.3 Å². The highest BCUT2D eigenvalue weighted by Gasteiger charge is 2.20. The Balaban J connectivity index is 2.35. The van der Waals surface area contributed by atoms with E-state index < -0.39 is 14.1 Å². The zero-order chi connectivity index (χ0) is 11.2. The van der Waals surface area contributed by atoms with Crippen LogP contribution in [-0.4, -0.2) is 20.4 Å². The van der Waals surface area contributed by atoms with E-state index in [1.54, 1.807) is 0 Å². The maximum Gasteiger partial charge on any atom is 0.352 e. The van der Waals surface area contributed by atoms with Crippen LogP contribution in [0, 0.1) is 0 Å². The van der Waals surface area contributed by atoms with Gasteiger partial charge in [-0.2, -0.15) is 0 Å². The van der Waals surface area contributed by atoms with Gasteiger partial charge in [-0.1, -0.05) is 60.7 Å². The molecular formula is C14H13AlO.